The van der Waals surface area contributed by atoms with E-state index in [-0.39, 0.29) is 0 Å². The summed E-state index contributed by atoms with van der Waals surface area (Å²) in [5.41, 5.74) is 13.5. The average Bonchev–Trinajstić information content (AvgIpc) is 3.65. The Labute approximate surface area is 368 Å². The zero-order valence-electron chi connectivity index (χ0n) is 34.6. The maximum atomic E-state index is 2.52. The van der Waals surface area contributed by atoms with Gasteiger partial charge in [0.2, 0.25) is 0 Å². The number of para-hydroxylation sites is 2. The number of fused-ring (bicyclic) bond motifs is 7. The fourth-order valence-corrected chi connectivity index (χ4v) is 10.3. The molecular weight excluding hydrogens is 761 g/mol. The monoisotopic (exact) mass is 802 g/mol. The van der Waals surface area contributed by atoms with Crippen LogP contribution in [0.15, 0.2) is 255 Å². The first kappa shape index (κ1) is 36.6. The Balaban J connectivity index is 1.20. The molecule has 12 rings (SSSR count). The molecule has 0 radical (unpaired) electrons. The second kappa shape index (κ2) is 15.1. The largest absolute Gasteiger partial charge is 0.310 e. The Bertz CT molecular complexity index is 3290. The van der Waals surface area contributed by atoms with Crippen LogP contribution in [0, 0.1) is 0 Å². The average molecular weight is 803 g/mol. The summed E-state index contributed by atoms with van der Waals surface area (Å²) in [7, 11) is 0. The highest BCUT2D eigenvalue weighted by Crippen LogP contribution is 2.60. The second-order valence-corrected chi connectivity index (χ2v) is 16.5. The molecule has 1 aliphatic carbocycles. The van der Waals surface area contributed by atoms with E-state index in [1.807, 2.05) is 0 Å². The Morgan fingerprint density at radius 3 is 1.24 bits per heavy atom. The Morgan fingerprint density at radius 1 is 0.270 bits per heavy atom. The molecule has 1 aliphatic rings. The molecule has 11 aromatic carbocycles. The summed E-state index contributed by atoms with van der Waals surface area (Å²) in [5, 5.41) is 7.27. The number of hydrogen-bond acceptors (Lipinski definition) is 2. The van der Waals surface area contributed by atoms with Crippen LogP contribution in [-0.4, -0.2) is 0 Å². The van der Waals surface area contributed by atoms with Crippen molar-refractivity contribution in [2.75, 3.05) is 9.80 Å². The Hall–Kier alpha value is -8.20. The lowest BCUT2D eigenvalue weighted by Gasteiger charge is -2.36. The van der Waals surface area contributed by atoms with Crippen LogP contribution in [0.3, 0.4) is 0 Å². The molecule has 0 N–H and O–H groups in total. The van der Waals surface area contributed by atoms with Gasteiger partial charge in [-0.1, -0.05) is 188 Å². The van der Waals surface area contributed by atoms with E-state index in [4.69, 9.17) is 0 Å². The van der Waals surface area contributed by atoms with Gasteiger partial charge in [0.05, 0.1) is 11.1 Å². The molecule has 0 spiro atoms. The minimum absolute atomic E-state index is 0.667. The summed E-state index contributed by atoms with van der Waals surface area (Å²) in [5.74, 6) is 0. The summed E-state index contributed by atoms with van der Waals surface area (Å²) < 4.78 is 0. The van der Waals surface area contributed by atoms with Gasteiger partial charge in [-0.25, -0.2) is 0 Å². The van der Waals surface area contributed by atoms with Crippen molar-refractivity contribution in [2.45, 2.75) is 5.41 Å². The van der Waals surface area contributed by atoms with E-state index in [1.54, 1.807) is 0 Å². The van der Waals surface area contributed by atoms with E-state index in [0.717, 1.165) is 34.1 Å². The lowest BCUT2D eigenvalue weighted by molar-refractivity contribution is 0.769. The quantitative estimate of drug-likeness (QED) is 0.151. The van der Waals surface area contributed by atoms with Crippen molar-refractivity contribution in [3.8, 4) is 11.1 Å². The van der Waals surface area contributed by atoms with Crippen molar-refractivity contribution in [3.63, 3.8) is 0 Å². The van der Waals surface area contributed by atoms with Crippen molar-refractivity contribution in [1.82, 2.24) is 0 Å². The van der Waals surface area contributed by atoms with E-state index >= 15 is 0 Å². The summed E-state index contributed by atoms with van der Waals surface area (Å²) >= 11 is 0. The molecule has 0 bridgehead atoms. The molecule has 0 aromatic heterocycles. The Kier molecular flexibility index (Phi) is 8.76. The van der Waals surface area contributed by atoms with Crippen molar-refractivity contribution < 1.29 is 0 Å². The minimum atomic E-state index is -0.667. The van der Waals surface area contributed by atoms with Crippen molar-refractivity contribution in [2.24, 2.45) is 0 Å². The molecule has 0 saturated carbocycles. The van der Waals surface area contributed by atoms with Crippen LogP contribution in [0.1, 0.15) is 22.3 Å². The number of rotatable bonds is 8. The van der Waals surface area contributed by atoms with E-state index < -0.39 is 5.41 Å². The number of hydrogen-bond donors (Lipinski definition) is 0. The van der Waals surface area contributed by atoms with Crippen LogP contribution in [0.5, 0.6) is 0 Å². The van der Waals surface area contributed by atoms with Gasteiger partial charge in [-0.2, -0.15) is 0 Å². The summed E-state index contributed by atoms with van der Waals surface area (Å²) in [6.07, 6.45) is 0. The third-order valence-electron chi connectivity index (χ3n) is 13.0. The lowest BCUT2D eigenvalue weighted by atomic mass is 9.67. The van der Waals surface area contributed by atoms with Crippen LogP contribution in [0.25, 0.3) is 43.4 Å². The molecule has 63 heavy (non-hydrogen) atoms. The lowest BCUT2D eigenvalue weighted by Crippen LogP contribution is -2.29. The molecule has 0 unspecified atom stereocenters. The first-order valence-electron chi connectivity index (χ1n) is 21.8. The van der Waals surface area contributed by atoms with Crippen molar-refractivity contribution >= 4 is 66.4 Å². The van der Waals surface area contributed by atoms with E-state index in [9.17, 15) is 0 Å². The van der Waals surface area contributed by atoms with Gasteiger partial charge < -0.3 is 9.80 Å². The first-order chi connectivity index (χ1) is 31.3. The van der Waals surface area contributed by atoms with Crippen molar-refractivity contribution in [1.29, 1.82) is 0 Å². The molecule has 0 atom stereocenters. The zero-order chi connectivity index (χ0) is 41.7. The standard InChI is InChI=1S/C61H42N2/c1-5-23-47(24-6-1)61(48-25-7-2-8-26-48)57-41-53(62(49-27-9-3-10-28-49)50-29-11-4-12-30-50)37-38-56(57)60-55-32-18-17-31-54(55)59(42-58(60)61)63(51-35-33-43-19-13-15-21-45(43)39-51)52-36-34-44-20-14-16-22-46(44)40-52/h1-42H. The maximum absolute atomic E-state index is 2.52. The van der Waals surface area contributed by atoms with Gasteiger partial charge in [-0.15, -0.1) is 0 Å². The van der Waals surface area contributed by atoms with Crippen LogP contribution >= 0.6 is 0 Å². The van der Waals surface area contributed by atoms with Crippen LogP contribution in [0.2, 0.25) is 0 Å². The minimum Gasteiger partial charge on any atom is -0.310 e. The van der Waals surface area contributed by atoms with Crippen LogP contribution < -0.4 is 9.80 Å². The maximum Gasteiger partial charge on any atom is 0.0715 e. The first-order valence-corrected chi connectivity index (χ1v) is 21.8. The number of anilines is 6. The summed E-state index contributed by atoms with van der Waals surface area (Å²) in [4.78, 5) is 4.87. The summed E-state index contributed by atoms with van der Waals surface area (Å²) in [6.45, 7) is 0. The normalized spacial score (nSPS) is 12.6. The molecule has 0 amide bonds. The molecule has 0 fully saturated rings. The van der Waals surface area contributed by atoms with Gasteiger partial charge in [-0.05, 0) is 127 Å². The number of nitrogens with zero attached hydrogens (tertiary/aromatic N) is 2. The molecule has 0 heterocycles. The SMILES string of the molecule is c1ccc(N(c2ccccc2)c2ccc3c(c2)C(c2ccccc2)(c2ccccc2)c2cc(N(c4ccc5ccccc5c4)c4ccc5ccccc5c4)c4ccccc4c2-3)cc1. The highest BCUT2D eigenvalue weighted by atomic mass is 15.1. The molecule has 0 aliphatic heterocycles. The second-order valence-electron chi connectivity index (χ2n) is 16.5. The summed E-state index contributed by atoms with van der Waals surface area (Å²) in [6, 6.07) is 93.6. The molecule has 0 saturated heterocycles. The molecule has 11 aromatic rings. The topological polar surface area (TPSA) is 6.48 Å². The van der Waals surface area contributed by atoms with Gasteiger partial charge in [-0.3, -0.25) is 0 Å². The molecular formula is C61H42N2. The van der Waals surface area contributed by atoms with Gasteiger partial charge in [0.25, 0.3) is 0 Å². The zero-order valence-corrected chi connectivity index (χ0v) is 34.6. The van der Waals surface area contributed by atoms with E-state index in [0.29, 0.717) is 0 Å². The van der Waals surface area contributed by atoms with Crippen molar-refractivity contribution in [3.05, 3.63) is 277 Å². The molecule has 2 heteroatoms. The predicted molar refractivity (Wildman–Crippen MR) is 266 cm³/mol. The molecule has 296 valence electrons. The van der Waals surface area contributed by atoms with Crippen LogP contribution in [0.4, 0.5) is 34.1 Å². The van der Waals surface area contributed by atoms with E-state index in [2.05, 4.69) is 265 Å². The Morgan fingerprint density at radius 2 is 0.698 bits per heavy atom. The van der Waals surface area contributed by atoms with E-state index in [1.165, 1.54) is 65.7 Å². The third-order valence-corrected chi connectivity index (χ3v) is 13.0. The highest BCUT2D eigenvalue weighted by Gasteiger charge is 2.48. The highest BCUT2D eigenvalue weighted by molar-refractivity contribution is 6.12. The van der Waals surface area contributed by atoms with Gasteiger partial charge >= 0.3 is 0 Å². The smallest absolute Gasteiger partial charge is 0.0715 e. The molecule has 2 nitrogen and oxygen atoms in total. The van der Waals surface area contributed by atoms with Gasteiger partial charge in [0, 0.05) is 33.8 Å². The van der Waals surface area contributed by atoms with Gasteiger partial charge in [0.1, 0.15) is 0 Å². The third kappa shape index (κ3) is 5.95. The fourth-order valence-electron chi connectivity index (χ4n) is 10.3. The van der Waals surface area contributed by atoms with Crippen LogP contribution in [-0.2, 0) is 5.41 Å². The van der Waals surface area contributed by atoms with Gasteiger partial charge in [0.15, 0.2) is 0 Å². The number of benzene rings is 11. The predicted octanol–water partition coefficient (Wildman–Crippen LogP) is 16.4. The fraction of sp³-hybridized carbons (Fsp3) is 0.0164.